The fraction of sp³-hybridized carbons (Fsp3) is 0.600. The summed E-state index contributed by atoms with van der Waals surface area (Å²) in [6.07, 6.45) is -2.84. The van der Waals surface area contributed by atoms with Crippen LogP contribution >= 0.6 is 0 Å². The van der Waals surface area contributed by atoms with Crippen LogP contribution in [0.5, 0.6) is 0 Å². The molecule has 0 bridgehead atoms. The first-order chi connectivity index (χ1) is 11.2. The van der Waals surface area contributed by atoms with E-state index in [0.717, 1.165) is 18.6 Å². The number of sulfonamides is 1. The van der Waals surface area contributed by atoms with Gasteiger partial charge in [0.15, 0.2) is 0 Å². The Morgan fingerprint density at radius 2 is 1.92 bits per heavy atom. The summed E-state index contributed by atoms with van der Waals surface area (Å²) in [6.45, 7) is 1.52. The van der Waals surface area contributed by atoms with Crippen molar-refractivity contribution >= 4 is 10.0 Å². The number of benzene rings is 1. The van der Waals surface area contributed by atoms with Crippen LogP contribution in [0.15, 0.2) is 29.2 Å². The molecule has 0 atom stereocenters. The monoisotopic (exact) mass is 366 g/mol. The van der Waals surface area contributed by atoms with Crippen molar-refractivity contribution in [2.75, 3.05) is 26.2 Å². The highest BCUT2D eigenvalue weighted by Crippen LogP contribution is 2.31. The van der Waals surface area contributed by atoms with Gasteiger partial charge >= 0.3 is 6.18 Å². The predicted molar refractivity (Wildman–Crippen MR) is 82.8 cm³/mol. The molecule has 1 aromatic rings. The van der Waals surface area contributed by atoms with E-state index in [-0.39, 0.29) is 24.1 Å². The van der Waals surface area contributed by atoms with Crippen molar-refractivity contribution in [1.29, 1.82) is 0 Å². The SMILES string of the molecule is NCCCOC1CCN(S(=O)(=O)c2cccc(C(F)(F)F)c2)CC1. The lowest BCUT2D eigenvalue weighted by atomic mass is 10.1. The standard InChI is InChI=1S/C15H21F3N2O3S/c16-15(17,18)12-3-1-4-14(11-12)24(21,22)20-8-5-13(6-9-20)23-10-2-7-19/h1,3-4,11,13H,2,5-10,19H2. The van der Waals surface area contributed by atoms with Crippen molar-refractivity contribution in [3.8, 4) is 0 Å². The van der Waals surface area contributed by atoms with Crippen LogP contribution in [0.25, 0.3) is 0 Å². The smallest absolute Gasteiger partial charge is 0.378 e. The second-order valence-electron chi connectivity index (χ2n) is 5.64. The number of piperidine rings is 1. The topological polar surface area (TPSA) is 72.6 Å². The summed E-state index contributed by atoms with van der Waals surface area (Å²) in [6, 6.07) is 3.84. The fourth-order valence-corrected chi connectivity index (χ4v) is 4.07. The van der Waals surface area contributed by atoms with Crippen LogP contribution in [-0.2, 0) is 20.9 Å². The molecule has 0 saturated carbocycles. The summed E-state index contributed by atoms with van der Waals surface area (Å²) < 4.78 is 70.2. The van der Waals surface area contributed by atoms with Gasteiger partial charge in [0.05, 0.1) is 16.6 Å². The van der Waals surface area contributed by atoms with Crippen LogP contribution in [0.1, 0.15) is 24.8 Å². The highest BCUT2D eigenvalue weighted by atomic mass is 32.2. The first-order valence-corrected chi connectivity index (χ1v) is 9.18. The molecule has 2 N–H and O–H groups in total. The average molecular weight is 366 g/mol. The van der Waals surface area contributed by atoms with Gasteiger partial charge in [-0.25, -0.2) is 8.42 Å². The van der Waals surface area contributed by atoms with Gasteiger partial charge in [-0.1, -0.05) is 6.07 Å². The van der Waals surface area contributed by atoms with Gasteiger partial charge in [0.1, 0.15) is 0 Å². The summed E-state index contributed by atoms with van der Waals surface area (Å²) >= 11 is 0. The average Bonchev–Trinajstić information content (AvgIpc) is 2.55. The molecule has 136 valence electrons. The Bertz CT molecular complexity index is 642. The Balaban J connectivity index is 2.04. The number of hydrogen-bond acceptors (Lipinski definition) is 4. The fourth-order valence-electron chi connectivity index (χ4n) is 2.55. The number of nitrogens with zero attached hydrogens (tertiary/aromatic N) is 1. The molecule has 0 spiro atoms. The second-order valence-corrected chi connectivity index (χ2v) is 7.58. The molecule has 0 aromatic heterocycles. The Morgan fingerprint density at radius 3 is 2.50 bits per heavy atom. The first-order valence-electron chi connectivity index (χ1n) is 7.74. The lowest BCUT2D eigenvalue weighted by molar-refractivity contribution is -0.137. The molecule has 1 aromatic carbocycles. The van der Waals surface area contributed by atoms with Crippen LogP contribution in [0.4, 0.5) is 13.2 Å². The van der Waals surface area contributed by atoms with Crippen LogP contribution in [0.3, 0.4) is 0 Å². The first kappa shape index (κ1) is 19.2. The van der Waals surface area contributed by atoms with Crippen molar-refractivity contribution < 1.29 is 26.3 Å². The number of alkyl halides is 3. The molecule has 0 radical (unpaired) electrons. The van der Waals surface area contributed by atoms with Crippen molar-refractivity contribution in [2.24, 2.45) is 5.73 Å². The van der Waals surface area contributed by atoms with Gasteiger partial charge in [-0.05, 0) is 44.0 Å². The molecule has 2 rings (SSSR count). The largest absolute Gasteiger partial charge is 0.416 e. The third-order valence-corrected chi connectivity index (χ3v) is 5.80. The van der Waals surface area contributed by atoms with E-state index in [0.29, 0.717) is 32.1 Å². The second kappa shape index (κ2) is 7.81. The number of hydrogen-bond donors (Lipinski definition) is 1. The Labute approximate surface area is 139 Å². The maximum Gasteiger partial charge on any atom is 0.416 e. The molecule has 5 nitrogen and oxygen atoms in total. The minimum Gasteiger partial charge on any atom is -0.378 e. The molecule has 1 heterocycles. The van der Waals surface area contributed by atoms with Gasteiger partial charge in [-0.3, -0.25) is 0 Å². The van der Waals surface area contributed by atoms with Crippen LogP contribution in [0.2, 0.25) is 0 Å². The molecule has 1 saturated heterocycles. The molecular formula is C15H21F3N2O3S. The number of halogens is 3. The van der Waals surface area contributed by atoms with Gasteiger partial charge < -0.3 is 10.5 Å². The third kappa shape index (κ3) is 4.69. The number of rotatable bonds is 6. The van der Waals surface area contributed by atoms with Gasteiger partial charge in [0.25, 0.3) is 0 Å². The van der Waals surface area contributed by atoms with Gasteiger partial charge in [-0.15, -0.1) is 0 Å². The van der Waals surface area contributed by atoms with E-state index in [1.807, 2.05) is 0 Å². The quantitative estimate of drug-likeness (QED) is 0.784. The van der Waals surface area contributed by atoms with Crippen molar-refractivity contribution in [3.63, 3.8) is 0 Å². The van der Waals surface area contributed by atoms with E-state index in [1.54, 1.807) is 0 Å². The summed E-state index contributed by atoms with van der Waals surface area (Å²) in [5, 5.41) is 0. The van der Waals surface area contributed by atoms with E-state index < -0.39 is 21.8 Å². The number of nitrogens with two attached hydrogens (primary N) is 1. The van der Waals surface area contributed by atoms with Gasteiger partial charge in [-0.2, -0.15) is 17.5 Å². The Kier molecular flexibility index (Phi) is 6.24. The summed E-state index contributed by atoms with van der Waals surface area (Å²) in [7, 11) is -3.94. The molecule has 1 aliphatic heterocycles. The minimum atomic E-state index is -4.57. The molecule has 1 aliphatic rings. The normalized spacial score (nSPS) is 18.0. The molecular weight excluding hydrogens is 345 g/mol. The molecule has 1 fully saturated rings. The highest BCUT2D eigenvalue weighted by molar-refractivity contribution is 7.89. The van der Waals surface area contributed by atoms with E-state index in [4.69, 9.17) is 10.5 Å². The van der Waals surface area contributed by atoms with Crippen molar-refractivity contribution in [3.05, 3.63) is 29.8 Å². The zero-order valence-corrected chi connectivity index (χ0v) is 13.9. The van der Waals surface area contributed by atoms with Crippen LogP contribution in [0, 0.1) is 0 Å². The Hall–Kier alpha value is -1.16. The summed E-state index contributed by atoms with van der Waals surface area (Å²) in [5.41, 5.74) is 4.41. The maximum absolute atomic E-state index is 12.8. The zero-order valence-electron chi connectivity index (χ0n) is 13.1. The van der Waals surface area contributed by atoms with E-state index in [9.17, 15) is 21.6 Å². The van der Waals surface area contributed by atoms with Gasteiger partial charge in [0.2, 0.25) is 10.0 Å². The summed E-state index contributed by atoms with van der Waals surface area (Å²) in [5.74, 6) is 0. The molecule has 24 heavy (non-hydrogen) atoms. The summed E-state index contributed by atoms with van der Waals surface area (Å²) in [4.78, 5) is -0.333. The predicted octanol–water partition coefficient (Wildman–Crippen LogP) is 2.22. The Morgan fingerprint density at radius 1 is 1.25 bits per heavy atom. The van der Waals surface area contributed by atoms with Crippen LogP contribution in [-0.4, -0.2) is 45.1 Å². The van der Waals surface area contributed by atoms with E-state index in [1.165, 1.54) is 10.4 Å². The van der Waals surface area contributed by atoms with Gasteiger partial charge in [0, 0.05) is 19.7 Å². The lowest BCUT2D eigenvalue weighted by Crippen LogP contribution is -2.41. The highest BCUT2D eigenvalue weighted by Gasteiger charge is 2.34. The van der Waals surface area contributed by atoms with Crippen LogP contribution < -0.4 is 5.73 Å². The minimum absolute atomic E-state index is 0.0375. The molecule has 0 unspecified atom stereocenters. The van der Waals surface area contributed by atoms with E-state index in [2.05, 4.69) is 0 Å². The lowest BCUT2D eigenvalue weighted by Gasteiger charge is -2.31. The zero-order chi connectivity index (χ0) is 17.8. The molecule has 9 heteroatoms. The molecule has 0 amide bonds. The third-order valence-electron chi connectivity index (χ3n) is 3.90. The maximum atomic E-state index is 12.8. The molecule has 0 aliphatic carbocycles. The van der Waals surface area contributed by atoms with Crippen molar-refractivity contribution in [1.82, 2.24) is 4.31 Å². The number of ether oxygens (including phenoxy) is 1. The van der Waals surface area contributed by atoms with Crippen molar-refractivity contribution in [2.45, 2.75) is 36.4 Å². The van der Waals surface area contributed by atoms with E-state index >= 15 is 0 Å².